The Hall–Kier alpha value is -2.81. The van der Waals surface area contributed by atoms with Gasteiger partial charge in [0, 0.05) is 13.1 Å². The fraction of sp³-hybridized carbons (Fsp3) is 0.312. The van der Waals surface area contributed by atoms with Crippen LogP contribution in [0.15, 0.2) is 24.5 Å². The van der Waals surface area contributed by atoms with Crippen LogP contribution in [0.3, 0.4) is 0 Å². The Morgan fingerprint density at radius 3 is 2.41 bits per heavy atom. The lowest BCUT2D eigenvalue weighted by Gasteiger charge is -2.30. The monoisotopic (exact) mass is 296 g/mol. The van der Waals surface area contributed by atoms with Crippen LogP contribution in [0.2, 0.25) is 0 Å². The molecule has 6 nitrogen and oxygen atoms in total. The number of aromatic nitrogens is 2. The molecule has 1 aliphatic rings. The first kappa shape index (κ1) is 14.1. The predicted molar refractivity (Wildman–Crippen MR) is 81.0 cm³/mol. The summed E-state index contributed by atoms with van der Waals surface area (Å²) in [6, 6.07) is 6.03. The number of hydrogen-bond acceptors (Lipinski definition) is 6. The van der Waals surface area contributed by atoms with Crippen LogP contribution in [0.5, 0.6) is 11.5 Å². The van der Waals surface area contributed by atoms with Crippen molar-refractivity contribution in [3.05, 3.63) is 41.3 Å². The molecule has 0 spiro atoms. The lowest BCUT2D eigenvalue weighted by Crippen LogP contribution is -2.31. The van der Waals surface area contributed by atoms with Gasteiger partial charge in [-0.2, -0.15) is 5.26 Å². The number of benzene rings is 1. The molecule has 0 amide bonds. The van der Waals surface area contributed by atoms with Crippen molar-refractivity contribution in [3.8, 4) is 17.6 Å². The second kappa shape index (κ2) is 5.90. The molecule has 1 aromatic carbocycles. The van der Waals surface area contributed by atoms with Crippen LogP contribution < -0.4 is 14.4 Å². The molecule has 0 saturated carbocycles. The number of methoxy groups -OCH3 is 2. The van der Waals surface area contributed by atoms with Crippen LogP contribution >= 0.6 is 0 Å². The van der Waals surface area contributed by atoms with Gasteiger partial charge in [0.2, 0.25) is 0 Å². The molecule has 0 unspecified atom stereocenters. The lowest BCUT2D eigenvalue weighted by atomic mass is 9.99. The summed E-state index contributed by atoms with van der Waals surface area (Å²) in [5.74, 6) is 2.27. The van der Waals surface area contributed by atoms with Crippen LogP contribution in [-0.4, -0.2) is 30.7 Å². The van der Waals surface area contributed by atoms with E-state index in [0.717, 1.165) is 36.8 Å². The molecule has 3 rings (SSSR count). The average molecular weight is 296 g/mol. The molecular weight excluding hydrogens is 280 g/mol. The molecule has 0 aliphatic carbocycles. The summed E-state index contributed by atoms with van der Waals surface area (Å²) >= 11 is 0. The summed E-state index contributed by atoms with van der Waals surface area (Å²) in [7, 11) is 3.28. The van der Waals surface area contributed by atoms with Gasteiger partial charge in [-0.1, -0.05) is 0 Å². The topological polar surface area (TPSA) is 71.3 Å². The van der Waals surface area contributed by atoms with Gasteiger partial charge in [0.1, 0.15) is 11.9 Å². The van der Waals surface area contributed by atoms with Gasteiger partial charge in [-0.25, -0.2) is 9.97 Å². The highest BCUT2D eigenvalue weighted by Gasteiger charge is 2.20. The van der Waals surface area contributed by atoms with E-state index in [1.54, 1.807) is 20.4 Å². The van der Waals surface area contributed by atoms with Crippen molar-refractivity contribution in [2.45, 2.75) is 13.0 Å². The Bertz CT molecular complexity index is 722. The van der Waals surface area contributed by atoms with E-state index in [0.29, 0.717) is 5.69 Å². The van der Waals surface area contributed by atoms with Crippen molar-refractivity contribution < 1.29 is 9.47 Å². The molecule has 22 heavy (non-hydrogen) atoms. The Morgan fingerprint density at radius 1 is 1.09 bits per heavy atom. The molecule has 0 saturated heterocycles. The molecule has 0 atom stereocenters. The van der Waals surface area contributed by atoms with Crippen molar-refractivity contribution in [2.24, 2.45) is 0 Å². The second-order valence-electron chi connectivity index (χ2n) is 5.02. The van der Waals surface area contributed by atoms with E-state index in [1.165, 1.54) is 17.3 Å². The van der Waals surface area contributed by atoms with Crippen molar-refractivity contribution in [1.29, 1.82) is 5.26 Å². The van der Waals surface area contributed by atoms with Crippen LogP contribution in [0, 0.1) is 11.3 Å². The maximum Gasteiger partial charge on any atom is 0.161 e. The summed E-state index contributed by atoms with van der Waals surface area (Å²) in [5.41, 5.74) is 2.78. The van der Waals surface area contributed by atoms with E-state index in [4.69, 9.17) is 14.7 Å². The Labute approximate surface area is 128 Å². The van der Waals surface area contributed by atoms with Gasteiger partial charge in [0.05, 0.1) is 26.6 Å². The SMILES string of the molecule is COc1cc2c(cc1OC)CN(c1cnc(C#N)cn1)CC2. The first-order valence-corrected chi connectivity index (χ1v) is 6.96. The van der Waals surface area contributed by atoms with Gasteiger partial charge < -0.3 is 14.4 Å². The van der Waals surface area contributed by atoms with Crippen molar-refractivity contribution in [2.75, 3.05) is 25.7 Å². The van der Waals surface area contributed by atoms with E-state index < -0.39 is 0 Å². The predicted octanol–water partition coefficient (Wildman–Crippen LogP) is 1.93. The second-order valence-corrected chi connectivity index (χ2v) is 5.02. The smallest absolute Gasteiger partial charge is 0.161 e. The molecule has 6 heteroatoms. The first-order chi connectivity index (χ1) is 10.7. The number of ether oxygens (including phenoxy) is 2. The molecule has 1 aromatic heterocycles. The number of rotatable bonds is 3. The lowest BCUT2D eigenvalue weighted by molar-refractivity contribution is 0.353. The van der Waals surface area contributed by atoms with E-state index in [9.17, 15) is 0 Å². The zero-order chi connectivity index (χ0) is 15.5. The fourth-order valence-corrected chi connectivity index (χ4v) is 2.62. The van der Waals surface area contributed by atoms with Crippen molar-refractivity contribution in [1.82, 2.24) is 9.97 Å². The van der Waals surface area contributed by atoms with E-state index in [-0.39, 0.29) is 0 Å². The first-order valence-electron chi connectivity index (χ1n) is 6.96. The third-order valence-corrected chi connectivity index (χ3v) is 3.79. The van der Waals surface area contributed by atoms with Gasteiger partial charge in [-0.3, -0.25) is 0 Å². The van der Waals surface area contributed by atoms with Crippen LogP contribution in [-0.2, 0) is 13.0 Å². The van der Waals surface area contributed by atoms with E-state index >= 15 is 0 Å². The minimum atomic E-state index is 0.326. The quantitative estimate of drug-likeness (QED) is 0.862. The fourth-order valence-electron chi connectivity index (χ4n) is 2.62. The maximum atomic E-state index is 8.78. The van der Waals surface area contributed by atoms with Crippen LogP contribution in [0.25, 0.3) is 0 Å². The third kappa shape index (κ3) is 2.53. The van der Waals surface area contributed by atoms with Crippen LogP contribution in [0.1, 0.15) is 16.8 Å². The largest absolute Gasteiger partial charge is 0.493 e. The molecule has 2 aromatic rings. The number of anilines is 1. The summed E-state index contributed by atoms with van der Waals surface area (Å²) in [5, 5.41) is 8.78. The highest BCUT2D eigenvalue weighted by molar-refractivity contribution is 5.51. The summed E-state index contributed by atoms with van der Waals surface area (Å²) < 4.78 is 10.7. The maximum absolute atomic E-state index is 8.78. The Morgan fingerprint density at radius 2 is 1.82 bits per heavy atom. The number of nitrogens with zero attached hydrogens (tertiary/aromatic N) is 4. The highest BCUT2D eigenvalue weighted by atomic mass is 16.5. The molecule has 0 fully saturated rings. The minimum absolute atomic E-state index is 0.326. The number of nitriles is 1. The Kier molecular flexibility index (Phi) is 3.79. The third-order valence-electron chi connectivity index (χ3n) is 3.79. The summed E-state index contributed by atoms with van der Waals surface area (Å²) in [4.78, 5) is 10.5. The molecule has 0 bridgehead atoms. The highest BCUT2D eigenvalue weighted by Crippen LogP contribution is 2.33. The van der Waals surface area contributed by atoms with Gasteiger partial charge in [0.15, 0.2) is 17.2 Å². The van der Waals surface area contributed by atoms with Crippen molar-refractivity contribution in [3.63, 3.8) is 0 Å². The van der Waals surface area contributed by atoms with Crippen molar-refractivity contribution >= 4 is 5.82 Å². The molecule has 1 aliphatic heterocycles. The van der Waals surface area contributed by atoms with E-state index in [1.807, 2.05) is 18.2 Å². The minimum Gasteiger partial charge on any atom is -0.493 e. The summed E-state index contributed by atoms with van der Waals surface area (Å²) in [6.45, 7) is 1.58. The zero-order valence-electron chi connectivity index (χ0n) is 12.5. The van der Waals surface area contributed by atoms with Crippen LogP contribution in [0.4, 0.5) is 5.82 Å². The standard InChI is InChI=1S/C16H16N4O2/c1-21-14-5-11-3-4-20(10-12(11)6-15(14)22-2)16-9-18-13(7-17)8-19-16/h5-6,8-9H,3-4,10H2,1-2H3. The molecular formula is C16H16N4O2. The van der Waals surface area contributed by atoms with E-state index in [2.05, 4.69) is 14.9 Å². The molecule has 112 valence electrons. The average Bonchev–Trinajstić information content (AvgIpc) is 2.60. The van der Waals surface area contributed by atoms with Gasteiger partial charge in [0.25, 0.3) is 0 Å². The normalized spacial score (nSPS) is 13.2. The molecule has 0 N–H and O–H groups in total. The molecule has 2 heterocycles. The molecule has 0 radical (unpaired) electrons. The Balaban J connectivity index is 1.88. The van der Waals surface area contributed by atoms with Gasteiger partial charge in [-0.05, 0) is 29.7 Å². The van der Waals surface area contributed by atoms with Gasteiger partial charge in [-0.15, -0.1) is 0 Å². The summed E-state index contributed by atoms with van der Waals surface area (Å²) in [6.07, 6.45) is 4.04. The number of fused-ring (bicyclic) bond motifs is 1. The number of hydrogen-bond donors (Lipinski definition) is 0. The zero-order valence-corrected chi connectivity index (χ0v) is 12.5. The van der Waals surface area contributed by atoms with Gasteiger partial charge >= 0.3 is 0 Å².